The third-order valence-electron chi connectivity index (χ3n) is 1.49. The average molecular weight is 317 g/mol. The van der Waals surface area contributed by atoms with Crippen molar-refractivity contribution in [2.24, 2.45) is 0 Å². The van der Waals surface area contributed by atoms with E-state index >= 15 is 0 Å². The maximum Gasteiger partial charge on any atom is 0.267 e. The van der Waals surface area contributed by atoms with Crippen molar-refractivity contribution in [3.63, 3.8) is 0 Å². The molecular formula is C7H5Br2F2NO. The van der Waals surface area contributed by atoms with Crippen LogP contribution in [0.1, 0.15) is 17.6 Å². The molecule has 1 rings (SSSR count). The van der Waals surface area contributed by atoms with Crippen LogP contribution >= 0.6 is 31.9 Å². The predicted molar refractivity (Wildman–Crippen MR) is 51.2 cm³/mol. The SMILES string of the molecule is Oc1c(Br)ncc(CBr)c1C(F)F. The van der Waals surface area contributed by atoms with Crippen molar-refractivity contribution >= 4 is 31.9 Å². The number of hydrogen-bond acceptors (Lipinski definition) is 2. The van der Waals surface area contributed by atoms with E-state index in [1.807, 2.05) is 0 Å². The van der Waals surface area contributed by atoms with Crippen molar-refractivity contribution in [3.8, 4) is 5.75 Å². The Morgan fingerprint density at radius 2 is 2.15 bits per heavy atom. The van der Waals surface area contributed by atoms with Crippen molar-refractivity contribution in [3.05, 3.63) is 21.9 Å². The van der Waals surface area contributed by atoms with Crippen LogP contribution in [0.4, 0.5) is 8.78 Å². The fourth-order valence-corrected chi connectivity index (χ4v) is 1.64. The fourth-order valence-electron chi connectivity index (χ4n) is 0.878. The molecule has 1 aromatic rings. The van der Waals surface area contributed by atoms with Gasteiger partial charge in [-0.1, -0.05) is 15.9 Å². The third kappa shape index (κ3) is 2.17. The minimum Gasteiger partial charge on any atom is -0.505 e. The topological polar surface area (TPSA) is 33.1 Å². The molecule has 1 aromatic heterocycles. The Labute approximate surface area is 90.2 Å². The molecule has 0 aliphatic heterocycles. The number of hydrogen-bond donors (Lipinski definition) is 1. The van der Waals surface area contributed by atoms with Gasteiger partial charge in [0, 0.05) is 11.5 Å². The molecule has 6 heteroatoms. The van der Waals surface area contributed by atoms with Crippen molar-refractivity contribution in [2.45, 2.75) is 11.8 Å². The van der Waals surface area contributed by atoms with Crippen LogP contribution in [0.5, 0.6) is 5.75 Å². The first kappa shape index (κ1) is 10.8. The number of rotatable bonds is 2. The Balaban J connectivity index is 3.32. The van der Waals surface area contributed by atoms with Crippen molar-refractivity contribution in [1.29, 1.82) is 0 Å². The second kappa shape index (κ2) is 4.32. The summed E-state index contributed by atoms with van der Waals surface area (Å²) >= 11 is 5.90. The normalized spacial score (nSPS) is 10.8. The van der Waals surface area contributed by atoms with E-state index in [0.29, 0.717) is 0 Å². The summed E-state index contributed by atoms with van der Waals surface area (Å²) in [4.78, 5) is 3.70. The maximum atomic E-state index is 12.4. The lowest BCUT2D eigenvalue weighted by Crippen LogP contribution is -1.95. The highest BCUT2D eigenvalue weighted by molar-refractivity contribution is 9.10. The van der Waals surface area contributed by atoms with E-state index < -0.39 is 12.2 Å². The Morgan fingerprint density at radius 3 is 2.62 bits per heavy atom. The molecule has 0 bridgehead atoms. The van der Waals surface area contributed by atoms with E-state index in [9.17, 15) is 13.9 Å². The second-order valence-electron chi connectivity index (χ2n) is 2.27. The molecular weight excluding hydrogens is 312 g/mol. The molecule has 72 valence electrons. The van der Waals surface area contributed by atoms with Crippen LogP contribution in [0.3, 0.4) is 0 Å². The largest absolute Gasteiger partial charge is 0.505 e. The summed E-state index contributed by atoms with van der Waals surface area (Å²) in [6.45, 7) is 0. The molecule has 0 spiro atoms. The first-order valence-corrected chi connectivity index (χ1v) is 5.19. The lowest BCUT2D eigenvalue weighted by atomic mass is 10.1. The molecule has 0 fully saturated rings. The monoisotopic (exact) mass is 315 g/mol. The molecule has 0 saturated heterocycles. The standard InChI is InChI=1S/C7H5Br2F2NO/c8-1-3-2-12-6(9)5(13)4(3)7(10)11/h2,7,13H,1H2. The van der Waals surface area contributed by atoms with E-state index in [0.717, 1.165) is 0 Å². The van der Waals surface area contributed by atoms with Crippen molar-refractivity contribution in [2.75, 3.05) is 0 Å². The number of aromatic nitrogens is 1. The number of alkyl halides is 3. The van der Waals surface area contributed by atoms with Gasteiger partial charge in [0.25, 0.3) is 6.43 Å². The molecule has 0 atom stereocenters. The van der Waals surface area contributed by atoms with Crippen LogP contribution in [0, 0.1) is 0 Å². The molecule has 2 nitrogen and oxygen atoms in total. The summed E-state index contributed by atoms with van der Waals surface area (Å²) in [6.07, 6.45) is -1.41. The van der Waals surface area contributed by atoms with Crippen LogP contribution in [0.2, 0.25) is 0 Å². The molecule has 1 N–H and O–H groups in total. The van der Waals surface area contributed by atoms with Gasteiger partial charge in [0.2, 0.25) is 0 Å². The van der Waals surface area contributed by atoms with Gasteiger partial charge in [-0.05, 0) is 21.5 Å². The molecule has 0 aliphatic carbocycles. The van der Waals surface area contributed by atoms with E-state index in [4.69, 9.17) is 0 Å². The van der Waals surface area contributed by atoms with Crippen LogP contribution in [0.25, 0.3) is 0 Å². The maximum absolute atomic E-state index is 12.4. The summed E-state index contributed by atoms with van der Waals surface area (Å²) < 4.78 is 24.9. The molecule has 0 aromatic carbocycles. The second-order valence-corrected chi connectivity index (χ2v) is 3.58. The lowest BCUT2D eigenvalue weighted by molar-refractivity contribution is 0.146. The third-order valence-corrected chi connectivity index (χ3v) is 2.68. The van der Waals surface area contributed by atoms with Crippen LogP contribution in [0.15, 0.2) is 10.8 Å². The van der Waals surface area contributed by atoms with Gasteiger partial charge in [-0.2, -0.15) is 0 Å². The number of pyridine rings is 1. The van der Waals surface area contributed by atoms with Crippen LogP contribution < -0.4 is 0 Å². The van der Waals surface area contributed by atoms with Crippen molar-refractivity contribution in [1.82, 2.24) is 4.98 Å². The zero-order chi connectivity index (χ0) is 10.0. The quantitative estimate of drug-likeness (QED) is 0.670. The highest BCUT2D eigenvalue weighted by atomic mass is 79.9. The molecule has 0 aliphatic rings. The summed E-state index contributed by atoms with van der Waals surface area (Å²) in [6, 6.07) is 0. The number of halogens is 4. The molecule has 1 heterocycles. The van der Waals surface area contributed by atoms with Gasteiger partial charge in [-0.3, -0.25) is 0 Å². The predicted octanol–water partition coefficient (Wildman–Crippen LogP) is 3.38. The minimum absolute atomic E-state index is 0.0347. The Kier molecular flexibility index (Phi) is 3.61. The van der Waals surface area contributed by atoms with Crippen LogP contribution in [-0.2, 0) is 5.33 Å². The van der Waals surface area contributed by atoms with E-state index in [-0.39, 0.29) is 21.1 Å². The Bertz CT molecular complexity index is 320. The van der Waals surface area contributed by atoms with E-state index in [1.165, 1.54) is 6.20 Å². The Morgan fingerprint density at radius 1 is 1.54 bits per heavy atom. The van der Waals surface area contributed by atoms with Gasteiger partial charge in [-0.15, -0.1) is 0 Å². The highest BCUT2D eigenvalue weighted by Crippen LogP contribution is 2.36. The van der Waals surface area contributed by atoms with Crippen LogP contribution in [-0.4, -0.2) is 10.1 Å². The van der Waals surface area contributed by atoms with Gasteiger partial charge < -0.3 is 5.11 Å². The average Bonchev–Trinajstić information content (AvgIpc) is 2.08. The molecule has 0 unspecified atom stereocenters. The first-order valence-electron chi connectivity index (χ1n) is 3.28. The first-order chi connectivity index (χ1) is 6.07. The Hall–Kier alpha value is -0.230. The summed E-state index contributed by atoms with van der Waals surface area (Å²) in [5, 5.41) is 9.51. The zero-order valence-corrected chi connectivity index (χ0v) is 9.44. The smallest absolute Gasteiger partial charge is 0.267 e. The van der Waals surface area contributed by atoms with E-state index in [1.54, 1.807) is 0 Å². The van der Waals surface area contributed by atoms with Gasteiger partial charge >= 0.3 is 0 Å². The van der Waals surface area contributed by atoms with Gasteiger partial charge in [0.05, 0.1) is 5.56 Å². The molecule has 0 radical (unpaired) electrons. The van der Waals surface area contributed by atoms with Crippen molar-refractivity contribution < 1.29 is 13.9 Å². The minimum atomic E-state index is -2.70. The van der Waals surface area contributed by atoms with Gasteiger partial charge in [0.15, 0.2) is 5.75 Å². The zero-order valence-electron chi connectivity index (χ0n) is 6.27. The fraction of sp³-hybridized carbons (Fsp3) is 0.286. The van der Waals surface area contributed by atoms with Gasteiger partial charge in [-0.25, -0.2) is 13.8 Å². The lowest BCUT2D eigenvalue weighted by Gasteiger charge is -2.08. The summed E-state index contributed by atoms with van der Waals surface area (Å²) in [5.74, 6) is -0.494. The molecule has 0 amide bonds. The van der Waals surface area contributed by atoms with E-state index in [2.05, 4.69) is 36.8 Å². The molecule has 13 heavy (non-hydrogen) atoms. The summed E-state index contributed by atoms with van der Waals surface area (Å²) in [7, 11) is 0. The highest BCUT2D eigenvalue weighted by Gasteiger charge is 2.19. The molecule has 0 saturated carbocycles. The van der Waals surface area contributed by atoms with Gasteiger partial charge in [0.1, 0.15) is 4.60 Å². The summed E-state index contributed by atoms with van der Waals surface area (Å²) in [5.41, 5.74) is -0.0885. The number of aromatic hydroxyl groups is 1. The number of nitrogens with zero attached hydrogens (tertiary/aromatic N) is 1.